The SMILES string of the molecule is CO[C@H](C)CS(=O)(=O)N[C@@H]1CCCN(c2cc(C)nn2C)C1. The molecular formula is C14H26N4O3S. The van der Waals surface area contributed by atoms with Crippen molar-refractivity contribution in [3.8, 4) is 0 Å². The van der Waals surface area contributed by atoms with Crippen molar-refractivity contribution in [3.63, 3.8) is 0 Å². The molecule has 1 aliphatic rings. The molecule has 0 aromatic carbocycles. The van der Waals surface area contributed by atoms with E-state index >= 15 is 0 Å². The Morgan fingerprint density at radius 1 is 1.55 bits per heavy atom. The highest BCUT2D eigenvalue weighted by molar-refractivity contribution is 7.89. The van der Waals surface area contributed by atoms with Gasteiger partial charge in [0.05, 0.1) is 17.6 Å². The Balaban J connectivity index is 2.00. The first kappa shape index (κ1) is 17.2. The number of nitrogens with zero attached hydrogens (tertiary/aromatic N) is 3. The molecular weight excluding hydrogens is 304 g/mol. The van der Waals surface area contributed by atoms with Crippen molar-refractivity contribution in [1.29, 1.82) is 0 Å². The van der Waals surface area contributed by atoms with Crippen LogP contribution in [-0.2, 0) is 21.8 Å². The smallest absolute Gasteiger partial charge is 0.214 e. The molecule has 1 N–H and O–H groups in total. The maximum absolute atomic E-state index is 12.2. The van der Waals surface area contributed by atoms with E-state index in [1.54, 1.807) is 6.92 Å². The summed E-state index contributed by atoms with van der Waals surface area (Å²) >= 11 is 0. The van der Waals surface area contributed by atoms with E-state index in [9.17, 15) is 8.42 Å². The lowest BCUT2D eigenvalue weighted by molar-refractivity contribution is 0.136. The lowest BCUT2D eigenvalue weighted by atomic mass is 10.1. The molecule has 0 amide bonds. The number of aromatic nitrogens is 2. The molecule has 0 bridgehead atoms. The third-order valence-corrected chi connectivity index (χ3v) is 5.53. The third-order valence-electron chi connectivity index (χ3n) is 3.93. The second-order valence-electron chi connectivity index (χ2n) is 6.00. The lowest BCUT2D eigenvalue weighted by Crippen LogP contribution is -2.49. The van der Waals surface area contributed by atoms with Crippen molar-refractivity contribution in [1.82, 2.24) is 14.5 Å². The molecule has 8 heteroatoms. The zero-order valence-electron chi connectivity index (χ0n) is 13.7. The molecule has 2 atom stereocenters. The van der Waals surface area contributed by atoms with Crippen molar-refractivity contribution >= 4 is 15.8 Å². The fourth-order valence-corrected chi connectivity index (χ4v) is 4.40. The van der Waals surface area contributed by atoms with Gasteiger partial charge in [-0.15, -0.1) is 0 Å². The van der Waals surface area contributed by atoms with Crippen LogP contribution in [0.5, 0.6) is 0 Å². The monoisotopic (exact) mass is 330 g/mol. The van der Waals surface area contributed by atoms with Gasteiger partial charge in [0.1, 0.15) is 5.82 Å². The fraction of sp³-hybridized carbons (Fsp3) is 0.786. The van der Waals surface area contributed by atoms with Gasteiger partial charge in [-0.25, -0.2) is 13.1 Å². The number of anilines is 1. The van der Waals surface area contributed by atoms with Crippen LogP contribution in [0.25, 0.3) is 0 Å². The van der Waals surface area contributed by atoms with Gasteiger partial charge >= 0.3 is 0 Å². The van der Waals surface area contributed by atoms with Crippen molar-refractivity contribution < 1.29 is 13.2 Å². The predicted molar refractivity (Wildman–Crippen MR) is 86.6 cm³/mol. The van der Waals surface area contributed by atoms with Gasteiger partial charge in [0, 0.05) is 39.4 Å². The molecule has 0 radical (unpaired) electrons. The van der Waals surface area contributed by atoms with Gasteiger partial charge in [0.25, 0.3) is 0 Å². The number of nitrogens with one attached hydrogen (secondary N) is 1. The Morgan fingerprint density at radius 2 is 2.27 bits per heavy atom. The van der Waals surface area contributed by atoms with Crippen LogP contribution in [0, 0.1) is 6.92 Å². The summed E-state index contributed by atoms with van der Waals surface area (Å²) in [6.07, 6.45) is 1.50. The molecule has 7 nitrogen and oxygen atoms in total. The minimum absolute atomic E-state index is 0.00911. The standard InChI is InChI=1S/C14H26N4O3S/c1-11-8-14(17(3)15-11)18-7-5-6-13(9-18)16-22(19,20)10-12(2)21-4/h8,12-13,16H,5-7,9-10H2,1-4H3/t12-,13-/m1/s1. The number of ether oxygens (including phenoxy) is 1. The Bertz CT molecular complexity index is 599. The van der Waals surface area contributed by atoms with Crippen LogP contribution >= 0.6 is 0 Å². The summed E-state index contributed by atoms with van der Waals surface area (Å²) in [4.78, 5) is 2.19. The van der Waals surface area contributed by atoms with Crippen LogP contribution < -0.4 is 9.62 Å². The van der Waals surface area contributed by atoms with Gasteiger partial charge in [-0.3, -0.25) is 4.68 Å². The third kappa shape index (κ3) is 4.44. The summed E-state index contributed by atoms with van der Waals surface area (Å²) in [6.45, 7) is 5.30. The zero-order chi connectivity index (χ0) is 16.3. The Hall–Kier alpha value is -1.12. The zero-order valence-corrected chi connectivity index (χ0v) is 14.6. The molecule has 2 rings (SSSR count). The van der Waals surface area contributed by atoms with E-state index in [1.165, 1.54) is 7.11 Å². The molecule has 1 aromatic heterocycles. The second-order valence-corrected chi connectivity index (χ2v) is 7.80. The number of rotatable bonds is 6. The number of sulfonamides is 1. The van der Waals surface area contributed by atoms with Crippen LogP contribution in [0.4, 0.5) is 5.82 Å². The quantitative estimate of drug-likeness (QED) is 0.829. The van der Waals surface area contributed by atoms with Gasteiger partial charge in [0.2, 0.25) is 10.0 Å². The summed E-state index contributed by atoms with van der Waals surface area (Å²) in [7, 11) is 0.107. The first-order valence-corrected chi connectivity index (χ1v) is 9.24. The molecule has 1 fully saturated rings. The summed E-state index contributed by atoms with van der Waals surface area (Å²) in [5.74, 6) is 1.02. The highest BCUT2D eigenvalue weighted by atomic mass is 32.2. The minimum atomic E-state index is -3.33. The maximum Gasteiger partial charge on any atom is 0.214 e. The summed E-state index contributed by atoms with van der Waals surface area (Å²) in [6, 6.07) is 1.96. The predicted octanol–water partition coefficient (Wildman–Crippen LogP) is 0.652. The van der Waals surface area contributed by atoms with E-state index in [0.29, 0.717) is 6.54 Å². The molecule has 0 saturated carbocycles. The average Bonchev–Trinajstić information content (AvgIpc) is 2.76. The Labute approximate surface area is 132 Å². The van der Waals surface area contributed by atoms with Crippen LogP contribution in [0.15, 0.2) is 6.07 Å². The second kappa shape index (κ2) is 6.97. The van der Waals surface area contributed by atoms with Crippen molar-refractivity contribution in [2.75, 3.05) is 30.9 Å². The van der Waals surface area contributed by atoms with Crippen LogP contribution in [0.1, 0.15) is 25.5 Å². The topological polar surface area (TPSA) is 76.5 Å². The van der Waals surface area contributed by atoms with Gasteiger partial charge in [0.15, 0.2) is 0 Å². The van der Waals surface area contributed by atoms with Crippen molar-refractivity contribution in [2.24, 2.45) is 7.05 Å². The summed E-state index contributed by atoms with van der Waals surface area (Å²) in [5.41, 5.74) is 0.967. The molecule has 0 aliphatic carbocycles. The molecule has 1 aliphatic heterocycles. The van der Waals surface area contributed by atoms with Gasteiger partial charge in [-0.2, -0.15) is 5.10 Å². The van der Waals surface area contributed by atoms with Gasteiger partial charge in [-0.05, 0) is 26.7 Å². The van der Waals surface area contributed by atoms with Gasteiger partial charge < -0.3 is 9.64 Å². The van der Waals surface area contributed by atoms with Crippen LogP contribution in [0.3, 0.4) is 0 Å². The molecule has 2 heterocycles. The number of hydrogen-bond donors (Lipinski definition) is 1. The van der Waals surface area contributed by atoms with Crippen molar-refractivity contribution in [2.45, 2.75) is 38.8 Å². The van der Waals surface area contributed by atoms with E-state index in [-0.39, 0.29) is 17.9 Å². The normalized spacial score (nSPS) is 21.1. The largest absolute Gasteiger partial charge is 0.381 e. The number of aryl methyl sites for hydroxylation is 2. The highest BCUT2D eigenvalue weighted by Crippen LogP contribution is 2.20. The van der Waals surface area contributed by atoms with Crippen LogP contribution in [0.2, 0.25) is 0 Å². The number of piperidine rings is 1. The number of methoxy groups -OCH3 is 1. The van der Waals surface area contributed by atoms with Crippen LogP contribution in [-0.4, -0.2) is 56.3 Å². The van der Waals surface area contributed by atoms with E-state index in [4.69, 9.17) is 4.74 Å². The first-order valence-electron chi connectivity index (χ1n) is 7.59. The van der Waals surface area contributed by atoms with E-state index in [2.05, 4.69) is 14.7 Å². The summed E-state index contributed by atoms with van der Waals surface area (Å²) in [5, 5.41) is 4.36. The van der Waals surface area contributed by atoms with E-state index < -0.39 is 10.0 Å². The number of hydrogen-bond acceptors (Lipinski definition) is 5. The van der Waals surface area contributed by atoms with Crippen molar-refractivity contribution in [3.05, 3.63) is 11.8 Å². The minimum Gasteiger partial charge on any atom is -0.381 e. The maximum atomic E-state index is 12.2. The van der Waals surface area contributed by atoms with Gasteiger partial charge in [-0.1, -0.05) is 0 Å². The molecule has 126 valence electrons. The van der Waals surface area contributed by atoms with E-state index in [0.717, 1.165) is 30.9 Å². The fourth-order valence-electron chi connectivity index (χ4n) is 2.85. The molecule has 22 heavy (non-hydrogen) atoms. The first-order chi connectivity index (χ1) is 10.3. The Kier molecular flexibility index (Phi) is 5.46. The highest BCUT2D eigenvalue weighted by Gasteiger charge is 2.26. The lowest BCUT2D eigenvalue weighted by Gasteiger charge is -2.34. The Morgan fingerprint density at radius 3 is 2.86 bits per heavy atom. The molecule has 0 spiro atoms. The van der Waals surface area contributed by atoms with E-state index in [1.807, 2.05) is 24.7 Å². The molecule has 1 saturated heterocycles. The molecule has 0 unspecified atom stereocenters. The average molecular weight is 330 g/mol. The molecule has 1 aromatic rings. The summed E-state index contributed by atoms with van der Waals surface area (Å²) < 4.78 is 34.0.